The van der Waals surface area contributed by atoms with Gasteiger partial charge in [0.15, 0.2) is 11.5 Å². The number of aromatic amines is 1. The number of carbonyl (C=O) groups is 1. The van der Waals surface area contributed by atoms with Crippen LogP contribution in [0.5, 0.6) is 17.4 Å². The predicted molar refractivity (Wildman–Crippen MR) is 126 cm³/mol. The van der Waals surface area contributed by atoms with Crippen LogP contribution in [-0.4, -0.2) is 27.9 Å². The SMILES string of the molecule is CCOc1cc([C@@H]2C(C#N)=C(N)Oc3n[nH]c(C)c32)c(Br)cc1OCc1ccc(C(=O)O)cc1. The molecule has 0 spiro atoms. The molecule has 0 bridgehead atoms. The lowest BCUT2D eigenvalue weighted by Crippen LogP contribution is -2.21. The average molecular weight is 525 g/mol. The molecule has 0 amide bonds. The van der Waals surface area contributed by atoms with Crippen LogP contribution in [0, 0.1) is 18.3 Å². The van der Waals surface area contributed by atoms with Crippen molar-refractivity contribution in [2.45, 2.75) is 26.4 Å². The Balaban J connectivity index is 1.71. The molecular formula is C24H21BrN4O5. The Bertz CT molecular complexity index is 1320. The number of halogens is 1. The van der Waals surface area contributed by atoms with E-state index in [1.807, 2.05) is 19.9 Å². The molecule has 0 saturated heterocycles. The summed E-state index contributed by atoms with van der Waals surface area (Å²) >= 11 is 3.62. The molecule has 2 aromatic carbocycles. The number of nitriles is 1. The Morgan fingerprint density at radius 1 is 1.29 bits per heavy atom. The number of aryl methyl sites for hydroxylation is 1. The van der Waals surface area contributed by atoms with Gasteiger partial charge in [-0.25, -0.2) is 4.79 Å². The molecule has 9 nitrogen and oxygen atoms in total. The van der Waals surface area contributed by atoms with Gasteiger partial charge in [-0.05, 0) is 49.2 Å². The Morgan fingerprint density at radius 3 is 2.65 bits per heavy atom. The van der Waals surface area contributed by atoms with E-state index in [9.17, 15) is 10.1 Å². The Kier molecular flexibility index (Phi) is 6.47. The summed E-state index contributed by atoms with van der Waals surface area (Å²) in [5, 5.41) is 25.9. The van der Waals surface area contributed by atoms with E-state index in [2.05, 4.69) is 32.2 Å². The highest BCUT2D eigenvalue weighted by Crippen LogP contribution is 2.47. The zero-order valence-corrected chi connectivity index (χ0v) is 20.0. The Labute approximate surface area is 203 Å². The van der Waals surface area contributed by atoms with Crippen molar-refractivity contribution in [3.63, 3.8) is 0 Å². The molecule has 0 saturated carbocycles. The van der Waals surface area contributed by atoms with Crippen LogP contribution in [0.2, 0.25) is 0 Å². The number of nitrogens with zero attached hydrogens (tertiary/aromatic N) is 2. The highest BCUT2D eigenvalue weighted by Gasteiger charge is 2.36. The number of carboxylic acid groups (broad SMARTS) is 1. The second-order valence-electron chi connectivity index (χ2n) is 7.54. The molecule has 0 radical (unpaired) electrons. The quantitative estimate of drug-likeness (QED) is 0.413. The topological polar surface area (TPSA) is 143 Å². The molecule has 1 aromatic heterocycles. The molecule has 1 atom stereocenters. The van der Waals surface area contributed by atoms with Gasteiger partial charge < -0.3 is 25.1 Å². The maximum atomic E-state index is 11.1. The summed E-state index contributed by atoms with van der Waals surface area (Å²) in [6, 6.07) is 12.2. The minimum atomic E-state index is -0.985. The third-order valence-electron chi connectivity index (χ3n) is 5.40. The van der Waals surface area contributed by atoms with Crippen LogP contribution < -0.4 is 19.9 Å². The number of rotatable bonds is 7. The van der Waals surface area contributed by atoms with Crippen LogP contribution >= 0.6 is 15.9 Å². The normalized spacial score (nSPS) is 14.7. The van der Waals surface area contributed by atoms with E-state index in [-0.39, 0.29) is 23.6 Å². The van der Waals surface area contributed by atoms with Gasteiger partial charge in [0.25, 0.3) is 0 Å². The van der Waals surface area contributed by atoms with Gasteiger partial charge in [0.2, 0.25) is 11.8 Å². The summed E-state index contributed by atoms with van der Waals surface area (Å²) in [7, 11) is 0. The van der Waals surface area contributed by atoms with Crippen molar-refractivity contribution >= 4 is 21.9 Å². The first-order valence-corrected chi connectivity index (χ1v) is 11.2. The predicted octanol–water partition coefficient (Wildman–Crippen LogP) is 4.37. The van der Waals surface area contributed by atoms with Gasteiger partial charge in [-0.3, -0.25) is 5.10 Å². The van der Waals surface area contributed by atoms with E-state index in [0.29, 0.717) is 28.5 Å². The van der Waals surface area contributed by atoms with E-state index in [1.165, 1.54) is 12.1 Å². The van der Waals surface area contributed by atoms with E-state index in [0.717, 1.165) is 22.4 Å². The smallest absolute Gasteiger partial charge is 0.335 e. The minimum absolute atomic E-state index is 0.00138. The molecular weight excluding hydrogens is 504 g/mol. The number of H-pyrrole nitrogens is 1. The molecule has 0 fully saturated rings. The molecule has 4 rings (SSSR count). The lowest BCUT2D eigenvalue weighted by atomic mass is 9.84. The average Bonchev–Trinajstić information content (AvgIpc) is 3.18. The van der Waals surface area contributed by atoms with E-state index >= 15 is 0 Å². The van der Waals surface area contributed by atoms with Crippen molar-refractivity contribution in [2.75, 3.05) is 6.61 Å². The van der Waals surface area contributed by atoms with Crippen LogP contribution in [0.4, 0.5) is 0 Å². The standard InChI is InChI=1S/C24H21BrN4O5/c1-3-32-18-8-15(21-16(10-26)22(27)34-23-20(21)12(2)28-29-23)17(25)9-19(18)33-11-13-4-6-14(7-5-13)24(30)31/h4-9,21H,3,11,27H2,1-2H3,(H,28,29)(H,30,31)/t21-/m1/s1. The Morgan fingerprint density at radius 2 is 2.00 bits per heavy atom. The molecule has 1 aliphatic rings. The van der Waals surface area contributed by atoms with Gasteiger partial charge in [0.1, 0.15) is 18.2 Å². The highest BCUT2D eigenvalue weighted by atomic mass is 79.9. The molecule has 1 aliphatic heterocycles. The lowest BCUT2D eigenvalue weighted by Gasteiger charge is -2.25. The number of nitrogens with two attached hydrogens (primary N) is 1. The number of allylic oxidation sites excluding steroid dienone is 1. The number of fused-ring (bicyclic) bond motifs is 1. The zero-order valence-electron chi connectivity index (χ0n) is 18.4. The number of aromatic carboxylic acids is 1. The number of benzene rings is 2. The second kappa shape index (κ2) is 9.49. The first-order chi connectivity index (χ1) is 16.3. The number of ether oxygens (including phenoxy) is 3. The number of carboxylic acids is 1. The van der Waals surface area contributed by atoms with E-state index in [4.69, 9.17) is 25.1 Å². The van der Waals surface area contributed by atoms with Gasteiger partial charge in [-0.1, -0.05) is 28.1 Å². The first-order valence-electron chi connectivity index (χ1n) is 10.4. The van der Waals surface area contributed by atoms with Gasteiger partial charge in [0.05, 0.1) is 18.1 Å². The molecule has 174 valence electrons. The number of nitrogens with one attached hydrogen (secondary N) is 1. The fourth-order valence-corrected chi connectivity index (χ4v) is 4.32. The molecule has 0 unspecified atom stereocenters. The first kappa shape index (κ1) is 23.2. The van der Waals surface area contributed by atoms with Gasteiger partial charge >= 0.3 is 5.97 Å². The fraction of sp³-hybridized carbons (Fsp3) is 0.208. The maximum absolute atomic E-state index is 11.1. The molecule has 4 N–H and O–H groups in total. The number of aromatic nitrogens is 2. The van der Waals surface area contributed by atoms with Crippen molar-refractivity contribution < 1.29 is 24.1 Å². The summed E-state index contributed by atoms with van der Waals surface area (Å²) in [6.07, 6.45) is 0. The van der Waals surface area contributed by atoms with Crippen molar-refractivity contribution in [1.82, 2.24) is 10.2 Å². The van der Waals surface area contributed by atoms with Crippen molar-refractivity contribution in [3.05, 3.63) is 80.3 Å². The maximum Gasteiger partial charge on any atom is 0.335 e. The molecule has 34 heavy (non-hydrogen) atoms. The van der Waals surface area contributed by atoms with Gasteiger partial charge in [0, 0.05) is 15.7 Å². The molecule has 2 heterocycles. The number of hydrogen-bond acceptors (Lipinski definition) is 7. The largest absolute Gasteiger partial charge is 0.490 e. The van der Waals surface area contributed by atoms with Crippen LogP contribution in [0.1, 0.15) is 45.6 Å². The van der Waals surface area contributed by atoms with E-state index < -0.39 is 11.9 Å². The summed E-state index contributed by atoms with van der Waals surface area (Å²) in [4.78, 5) is 11.1. The summed E-state index contributed by atoms with van der Waals surface area (Å²) < 4.78 is 18.1. The summed E-state index contributed by atoms with van der Waals surface area (Å²) in [5.41, 5.74) is 9.54. The fourth-order valence-electron chi connectivity index (χ4n) is 3.77. The van der Waals surface area contributed by atoms with Crippen molar-refractivity contribution in [3.8, 4) is 23.4 Å². The second-order valence-corrected chi connectivity index (χ2v) is 8.39. The van der Waals surface area contributed by atoms with Gasteiger partial charge in [-0.2, -0.15) is 5.26 Å². The molecule has 3 aromatic rings. The molecule has 0 aliphatic carbocycles. The van der Waals surface area contributed by atoms with E-state index in [1.54, 1.807) is 18.2 Å². The minimum Gasteiger partial charge on any atom is -0.490 e. The third-order valence-corrected chi connectivity index (χ3v) is 6.09. The van der Waals surface area contributed by atoms with Crippen LogP contribution in [0.3, 0.4) is 0 Å². The zero-order chi connectivity index (χ0) is 24.4. The molecule has 10 heteroatoms. The highest BCUT2D eigenvalue weighted by molar-refractivity contribution is 9.10. The summed E-state index contributed by atoms with van der Waals surface area (Å²) in [5.74, 6) is -0.185. The lowest BCUT2D eigenvalue weighted by molar-refractivity contribution is 0.0697. The van der Waals surface area contributed by atoms with Crippen LogP contribution in [0.15, 0.2) is 52.3 Å². The number of hydrogen-bond donors (Lipinski definition) is 3. The Hall–Kier alpha value is -3.97. The summed E-state index contributed by atoms with van der Waals surface area (Å²) in [6.45, 7) is 4.33. The van der Waals surface area contributed by atoms with Gasteiger partial charge in [-0.15, -0.1) is 5.10 Å². The van der Waals surface area contributed by atoms with Crippen molar-refractivity contribution in [2.24, 2.45) is 5.73 Å². The van der Waals surface area contributed by atoms with Crippen LogP contribution in [-0.2, 0) is 6.61 Å². The monoisotopic (exact) mass is 524 g/mol. The van der Waals surface area contributed by atoms with Crippen LogP contribution in [0.25, 0.3) is 0 Å². The third kappa shape index (κ3) is 4.30. The van der Waals surface area contributed by atoms with Crippen molar-refractivity contribution in [1.29, 1.82) is 5.26 Å².